The van der Waals surface area contributed by atoms with Crippen LogP contribution in [0.4, 0.5) is 0 Å². The highest BCUT2D eigenvalue weighted by Gasteiger charge is 2.20. The van der Waals surface area contributed by atoms with E-state index < -0.39 is 0 Å². The van der Waals surface area contributed by atoms with E-state index in [0.717, 1.165) is 29.3 Å². The zero-order valence-electron chi connectivity index (χ0n) is 11.0. The summed E-state index contributed by atoms with van der Waals surface area (Å²) in [7, 11) is 0. The van der Waals surface area contributed by atoms with Crippen LogP contribution in [0.15, 0.2) is 23.7 Å². The lowest BCUT2D eigenvalue weighted by molar-refractivity contribution is 0.173. The molecule has 3 rings (SSSR count). The van der Waals surface area contributed by atoms with Gasteiger partial charge >= 0.3 is 0 Å². The maximum Gasteiger partial charge on any atom is 0.231 e. The molecule has 0 unspecified atom stereocenters. The van der Waals surface area contributed by atoms with Crippen LogP contribution in [0, 0.1) is 6.92 Å². The molecule has 5 heteroatoms. The van der Waals surface area contributed by atoms with Crippen molar-refractivity contribution in [2.24, 2.45) is 0 Å². The van der Waals surface area contributed by atoms with E-state index >= 15 is 0 Å². The molecule has 2 heterocycles. The molecule has 0 aliphatic carbocycles. The first kappa shape index (κ1) is 12.4. The third-order valence-corrected chi connectivity index (χ3v) is 4.24. The van der Waals surface area contributed by atoms with Gasteiger partial charge in [0.15, 0.2) is 11.5 Å². The van der Waals surface area contributed by atoms with Crippen LogP contribution >= 0.6 is 11.3 Å². The first-order valence-electron chi connectivity index (χ1n) is 6.26. The van der Waals surface area contributed by atoms with Gasteiger partial charge in [-0.2, -0.15) is 0 Å². The fraction of sp³-hybridized carbons (Fsp3) is 0.357. The van der Waals surface area contributed by atoms with Gasteiger partial charge in [-0.25, -0.2) is 4.98 Å². The van der Waals surface area contributed by atoms with Crippen LogP contribution in [0.25, 0.3) is 0 Å². The van der Waals surface area contributed by atoms with E-state index in [2.05, 4.69) is 23.3 Å². The van der Waals surface area contributed by atoms with E-state index in [1.165, 1.54) is 4.88 Å². The van der Waals surface area contributed by atoms with Crippen LogP contribution in [-0.4, -0.2) is 11.8 Å². The highest BCUT2D eigenvalue weighted by molar-refractivity contribution is 7.09. The lowest BCUT2D eigenvalue weighted by Gasteiger charge is -2.15. The summed E-state index contributed by atoms with van der Waals surface area (Å²) in [6, 6.07) is 6.22. The highest BCUT2D eigenvalue weighted by Crippen LogP contribution is 2.38. The van der Waals surface area contributed by atoms with Gasteiger partial charge in [0.05, 0.1) is 11.2 Å². The Bertz CT molecular complexity index is 583. The minimum absolute atomic E-state index is 0.207. The van der Waals surface area contributed by atoms with Crippen molar-refractivity contribution in [1.82, 2.24) is 10.3 Å². The van der Waals surface area contributed by atoms with Gasteiger partial charge < -0.3 is 14.8 Å². The number of para-hydroxylation sites is 1. The molecule has 2 aromatic rings. The van der Waals surface area contributed by atoms with Gasteiger partial charge in [0.25, 0.3) is 0 Å². The molecular weight excluding hydrogens is 260 g/mol. The molecule has 0 saturated carbocycles. The van der Waals surface area contributed by atoms with E-state index in [0.29, 0.717) is 6.79 Å². The number of rotatable bonds is 4. The van der Waals surface area contributed by atoms with Gasteiger partial charge in [-0.1, -0.05) is 12.1 Å². The summed E-state index contributed by atoms with van der Waals surface area (Å²) in [4.78, 5) is 5.53. The SMILES string of the molecule is Cc1ncsc1CN[C@H](C)c1cccc2c1OCO2. The summed E-state index contributed by atoms with van der Waals surface area (Å²) < 4.78 is 10.9. The number of hydrogen-bond acceptors (Lipinski definition) is 5. The second-order valence-corrected chi connectivity index (χ2v) is 5.48. The fourth-order valence-electron chi connectivity index (χ4n) is 2.15. The largest absolute Gasteiger partial charge is 0.454 e. The number of ether oxygens (including phenoxy) is 2. The summed E-state index contributed by atoms with van der Waals surface area (Å²) in [5.74, 6) is 1.70. The standard InChI is InChI=1S/C14H16N2O2S/c1-9(15-6-13-10(2)16-7-19-13)11-4-3-5-12-14(11)18-8-17-12/h3-5,7,9,15H,6,8H2,1-2H3/t9-/m1/s1. The van der Waals surface area contributed by atoms with E-state index in [1.807, 2.05) is 24.6 Å². The minimum atomic E-state index is 0.207. The van der Waals surface area contributed by atoms with Gasteiger partial charge in [-0.05, 0) is 19.9 Å². The number of nitrogens with zero attached hydrogens (tertiary/aromatic N) is 1. The van der Waals surface area contributed by atoms with Crippen molar-refractivity contribution in [3.05, 3.63) is 39.8 Å². The number of nitrogens with one attached hydrogen (secondary N) is 1. The van der Waals surface area contributed by atoms with Crippen molar-refractivity contribution in [2.45, 2.75) is 26.4 Å². The van der Waals surface area contributed by atoms with Gasteiger partial charge in [-0.15, -0.1) is 11.3 Å². The molecule has 1 N–H and O–H groups in total. The molecular formula is C14H16N2O2S. The monoisotopic (exact) mass is 276 g/mol. The molecule has 1 atom stereocenters. The molecule has 0 bridgehead atoms. The first-order valence-corrected chi connectivity index (χ1v) is 7.14. The van der Waals surface area contributed by atoms with E-state index in [9.17, 15) is 0 Å². The van der Waals surface area contributed by atoms with Crippen molar-refractivity contribution in [3.63, 3.8) is 0 Å². The van der Waals surface area contributed by atoms with Gasteiger partial charge in [-0.3, -0.25) is 0 Å². The Morgan fingerprint density at radius 3 is 3.11 bits per heavy atom. The summed E-state index contributed by atoms with van der Waals surface area (Å²) in [5.41, 5.74) is 4.12. The summed E-state index contributed by atoms with van der Waals surface area (Å²) in [6.07, 6.45) is 0. The van der Waals surface area contributed by atoms with E-state index in [1.54, 1.807) is 11.3 Å². The lowest BCUT2D eigenvalue weighted by atomic mass is 10.1. The van der Waals surface area contributed by atoms with Crippen molar-refractivity contribution < 1.29 is 9.47 Å². The molecule has 4 nitrogen and oxygen atoms in total. The van der Waals surface area contributed by atoms with Crippen molar-refractivity contribution in [1.29, 1.82) is 0 Å². The maximum absolute atomic E-state index is 5.54. The van der Waals surface area contributed by atoms with Crippen LogP contribution in [0.1, 0.15) is 29.1 Å². The smallest absolute Gasteiger partial charge is 0.231 e. The predicted molar refractivity (Wildman–Crippen MR) is 74.7 cm³/mol. The van der Waals surface area contributed by atoms with Crippen LogP contribution in [-0.2, 0) is 6.54 Å². The topological polar surface area (TPSA) is 43.4 Å². The summed E-state index contributed by atoms with van der Waals surface area (Å²) >= 11 is 1.68. The second kappa shape index (κ2) is 5.19. The normalized spacial score (nSPS) is 14.6. The Kier molecular flexibility index (Phi) is 3.40. The number of benzene rings is 1. The fourth-order valence-corrected chi connectivity index (χ4v) is 2.87. The lowest BCUT2D eigenvalue weighted by Crippen LogP contribution is -2.18. The quantitative estimate of drug-likeness (QED) is 0.932. The zero-order valence-corrected chi connectivity index (χ0v) is 11.8. The molecule has 0 saturated heterocycles. The van der Waals surface area contributed by atoms with Crippen molar-refractivity contribution >= 4 is 11.3 Å². The third-order valence-electron chi connectivity index (χ3n) is 3.31. The van der Waals surface area contributed by atoms with E-state index in [4.69, 9.17) is 9.47 Å². The van der Waals surface area contributed by atoms with E-state index in [-0.39, 0.29) is 6.04 Å². The van der Waals surface area contributed by atoms with Crippen LogP contribution < -0.4 is 14.8 Å². The molecule has 0 radical (unpaired) electrons. The molecule has 1 aromatic heterocycles. The predicted octanol–water partition coefficient (Wildman–Crippen LogP) is 3.03. The van der Waals surface area contributed by atoms with Crippen LogP contribution in [0.5, 0.6) is 11.5 Å². The minimum Gasteiger partial charge on any atom is -0.454 e. The molecule has 19 heavy (non-hydrogen) atoms. The Labute approximate surface area is 116 Å². The maximum atomic E-state index is 5.54. The number of aryl methyl sites for hydroxylation is 1. The van der Waals surface area contributed by atoms with Crippen molar-refractivity contribution in [3.8, 4) is 11.5 Å². The second-order valence-electron chi connectivity index (χ2n) is 4.54. The van der Waals surface area contributed by atoms with Gasteiger partial charge in [0, 0.05) is 23.0 Å². The Balaban J connectivity index is 1.73. The first-order chi connectivity index (χ1) is 9.25. The summed E-state index contributed by atoms with van der Waals surface area (Å²) in [6.45, 7) is 5.30. The highest BCUT2D eigenvalue weighted by atomic mass is 32.1. The van der Waals surface area contributed by atoms with Gasteiger partial charge in [0.2, 0.25) is 6.79 Å². The van der Waals surface area contributed by atoms with Gasteiger partial charge in [0.1, 0.15) is 0 Å². The molecule has 0 fully saturated rings. The Morgan fingerprint density at radius 2 is 2.32 bits per heavy atom. The number of aromatic nitrogens is 1. The Morgan fingerprint density at radius 1 is 1.42 bits per heavy atom. The third kappa shape index (κ3) is 2.43. The van der Waals surface area contributed by atoms with Crippen LogP contribution in [0.3, 0.4) is 0 Å². The molecule has 100 valence electrons. The zero-order chi connectivity index (χ0) is 13.2. The number of thiazole rings is 1. The number of fused-ring (bicyclic) bond motifs is 1. The molecule has 1 aliphatic heterocycles. The molecule has 0 spiro atoms. The van der Waals surface area contributed by atoms with Crippen LogP contribution in [0.2, 0.25) is 0 Å². The molecule has 1 aliphatic rings. The molecule has 0 amide bonds. The summed E-state index contributed by atoms with van der Waals surface area (Å²) in [5, 5.41) is 3.51. The average Bonchev–Trinajstić information content (AvgIpc) is 3.04. The Hall–Kier alpha value is -1.59. The average molecular weight is 276 g/mol. The molecule has 1 aromatic carbocycles. The number of hydrogen-bond donors (Lipinski definition) is 1. The van der Waals surface area contributed by atoms with Crippen molar-refractivity contribution in [2.75, 3.05) is 6.79 Å².